The Morgan fingerprint density at radius 1 is 1.14 bits per heavy atom. The molecule has 2 N–H and O–H groups in total. The van der Waals surface area contributed by atoms with Gasteiger partial charge in [-0.25, -0.2) is 8.78 Å². The van der Waals surface area contributed by atoms with Crippen molar-refractivity contribution in [1.82, 2.24) is 20.2 Å². The number of anilines is 1. The summed E-state index contributed by atoms with van der Waals surface area (Å²) in [5, 5.41) is 11.1. The van der Waals surface area contributed by atoms with Crippen molar-refractivity contribution in [3.05, 3.63) is 53.6 Å². The molecular weight excluding hydrogens is 276 g/mol. The summed E-state index contributed by atoms with van der Waals surface area (Å²) in [7, 11) is 0. The Kier molecular flexibility index (Phi) is 3.09. The molecule has 0 saturated heterocycles. The van der Waals surface area contributed by atoms with Gasteiger partial charge in [-0.1, -0.05) is 17.7 Å². The van der Waals surface area contributed by atoms with Gasteiger partial charge in [0.25, 0.3) is 0 Å². The SMILES string of the molecule is Cc1ccc(N)c(-c2nnnn2-c2cccc(F)c2F)c1. The van der Waals surface area contributed by atoms with Gasteiger partial charge in [-0.05, 0) is 41.6 Å². The van der Waals surface area contributed by atoms with Crippen molar-refractivity contribution >= 4 is 5.69 Å². The van der Waals surface area contributed by atoms with Crippen LogP contribution in [0.3, 0.4) is 0 Å². The van der Waals surface area contributed by atoms with Crippen LogP contribution in [0.5, 0.6) is 0 Å². The first-order valence-corrected chi connectivity index (χ1v) is 6.17. The Hall–Kier alpha value is -2.83. The molecule has 0 aliphatic carbocycles. The summed E-state index contributed by atoms with van der Waals surface area (Å²) in [5.74, 6) is -1.73. The minimum absolute atomic E-state index is 0.0732. The lowest BCUT2D eigenvalue weighted by Crippen LogP contribution is -2.05. The maximum absolute atomic E-state index is 13.9. The summed E-state index contributed by atoms with van der Waals surface area (Å²) >= 11 is 0. The molecule has 0 saturated carbocycles. The van der Waals surface area contributed by atoms with Crippen LogP contribution >= 0.6 is 0 Å². The molecular formula is C14H11F2N5. The summed E-state index contributed by atoms with van der Waals surface area (Å²) < 4.78 is 28.4. The third-order valence-corrected chi connectivity index (χ3v) is 3.08. The third kappa shape index (κ3) is 2.22. The van der Waals surface area contributed by atoms with E-state index < -0.39 is 11.6 Å². The number of nitrogens with two attached hydrogens (primary N) is 1. The number of aromatic nitrogens is 4. The average molecular weight is 287 g/mol. The number of hydrogen-bond acceptors (Lipinski definition) is 4. The number of aryl methyl sites for hydroxylation is 1. The molecule has 1 heterocycles. The first kappa shape index (κ1) is 13.2. The molecule has 0 radical (unpaired) electrons. The highest BCUT2D eigenvalue weighted by Crippen LogP contribution is 2.27. The van der Waals surface area contributed by atoms with Crippen molar-refractivity contribution in [3.8, 4) is 17.1 Å². The molecule has 3 aromatic rings. The van der Waals surface area contributed by atoms with E-state index in [-0.39, 0.29) is 11.5 Å². The topological polar surface area (TPSA) is 69.6 Å². The zero-order valence-electron chi connectivity index (χ0n) is 11.1. The minimum Gasteiger partial charge on any atom is -0.398 e. The first-order valence-electron chi connectivity index (χ1n) is 6.17. The van der Waals surface area contributed by atoms with E-state index in [1.807, 2.05) is 13.0 Å². The molecule has 0 unspecified atom stereocenters. The fourth-order valence-corrected chi connectivity index (χ4v) is 2.04. The summed E-state index contributed by atoms with van der Waals surface area (Å²) in [6, 6.07) is 9.16. The van der Waals surface area contributed by atoms with E-state index >= 15 is 0 Å². The maximum atomic E-state index is 13.9. The number of tetrazole rings is 1. The molecule has 0 fully saturated rings. The van der Waals surface area contributed by atoms with Crippen LogP contribution in [-0.4, -0.2) is 20.2 Å². The Morgan fingerprint density at radius 2 is 1.95 bits per heavy atom. The Balaban J connectivity index is 2.22. The van der Waals surface area contributed by atoms with Crippen LogP contribution in [0.1, 0.15) is 5.56 Å². The van der Waals surface area contributed by atoms with Crippen LogP contribution < -0.4 is 5.73 Å². The molecule has 106 valence electrons. The smallest absolute Gasteiger partial charge is 0.189 e. The number of halogens is 2. The molecule has 0 spiro atoms. The number of hydrogen-bond donors (Lipinski definition) is 1. The van der Waals surface area contributed by atoms with Crippen molar-refractivity contribution in [2.75, 3.05) is 5.73 Å². The van der Waals surface area contributed by atoms with E-state index in [0.717, 1.165) is 16.3 Å². The van der Waals surface area contributed by atoms with Crippen LogP contribution in [0, 0.1) is 18.6 Å². The largest absolute Gasteiger partial charge is 0.398 e. The quantitative estimate of drug-likeness (QED) is 0.735. The van der Waals surface area contributed by atoms with Gasteiger partial charge in [0.15, 0.2) is 17.5 Å². The number of benzene rings is 2. The molecule has 21 heavy (non-hydrogen) atoms. The van der Waals surface area contributed by atoms with Crippen LogP contribution in [0.4, 0.5) is 14.5 Å². The van der Waals surface area contributed by atoms with Crippen LogP contribution in [0.15, 0.2) is 36.4 Å². The van der Waals surface area contributed by atoms with E-state index in [4.69, 9.17) is 5.73 Å². The predicted octanol–water partition coefficient (Wildman–Crippen LogP) is 2.50. The van der Waals surface area contributed by atoms with Crippen molar-refractivity contribution in [2.24, 2.45) is 0 Å². The lowest BCUT2D eigenvalue weighted by molar-refractivity contribution is 0.501. The summed E-state index contributed by atoms with van der Waals surface area (Å²) in [6.07, 6.45) is 0. The van der Waals surface area contributed by atoms with Crippen molar-refractivity contribution in [1.29, 1.82) is 0 Å². The molecule has 0 bridgehead atoms. The zero-order chi connectivity index (χ0) is 15.0. The molecule has 2 aromatic carbocycles. The minimum atomic E-state index is -1.02. The molecule has 0 aliphatic rings. The highest BCUT2D eigenvalue weighted by atomic mass is 19.2. The molecule has 0 atom stereocenters. The van der Waals surface area contributed by atoms with Gasteiger partial charge in [0.05, 0.1) is 0 Å². The van der Waals surface area contributed by atoms with Crippen molar-refractivity contribution in [3.63, 3.8) is 0 Å². The van der Waals surface area contributed by atoms with Gasteiger partial charge in [-0.15, -0.1) is 5.10 Å². The predicted molar refractivity (Wildman–Crippen MR) is 73.7 cm³/mol. The second kappa shape index (κ2) is 4.93. The van der Waals surface area contributed by atoms with E-state index in [2.05, 4.69) is 15.5 Å². The summed E-state index contributed by atoms with van der Waals surface area (Å²) in [6.45, 7) is 1.89. The van der Waals surface area contributed by atoms with E-state index in [9.17, 15) is 8.78 Å². The highest BCUT2D eigenvalue weighted by molar-refractivity contribution is 5.73. The average Bonchev–Trinajstić information content (AvgIpc) is 2.93. The van der Waals surface area contributed by atoms with E-state index in [1.54, 1.807) is 12.1 Å². The van der Waals surface area contributed by atoms with Gasteiger partial charge in [-0.2, -0.15) is 4.68 Å². The van der Waals surface area contributed by atoms with Crippen LogP contribution in [0.25, 0.3) is 17.1 Å². The van der Waals surface area contributed by atoms with Gasteiger partial charge < -0.3 is 5.73 Å². The summed E-state index contributed by atoms with van der Waals surface area (Å²) in [4.78, 5) is 0. The van der Waals surface area contributed by atoms with Crippen LogP contribution in [0.2, 0.25) is 0 Å². The van der Waals surface area contributed by atoms with Gasteiger partial charge >= 0.3 is 0 Å². The third-order valence-electron chi connectivity index (χ3n) is 3.08. The Morgan fingerprint density at radius 3 is 2.76 bits per heavy atom. The molecule has 7 heteroatoms. The van der Waals surface area contributed by atoms with Crippen LogP contribution in [-0.2, 0) is 0 Å². The van der Waals surface area contributed by atoms with E-state index in [1.165, 1.54) is 12.1 Å². The second-order valence-electron chi connectivity index (χ2n) is 4.58. The summed E-state index contributed by atoms with van der Waals surface area (Å²) in [5.41, 5.74) is 7.81. The number of nitrogen functional groups attached to an aromatic ring is 1. The maximum Gasteiger partial charge on any atom is 0.189 e. The zero-order valence-corrected chi connectivity index (χ0v) is 11.1. The fourth-order valence-electron chi connectivity index (χ4n) is 2.04. The molecule has 3 rings (SSSR count). The lowest BCUT2D eigenvalue weighted by atomic mass is 10.1. The second-order valence-corrected chi connectivity index (χ2v) is 4.58. The van der Waals surface area contributed by atoms with E-state index in [0.29, 0.717) is 11.3 Å². The number of rotatable bonds is 2. The van der Waals surface area contributed by atoms with Gasteiger partial charge in [0.2, 0.25) is 0 Å². The standard InChI is InChI=1S/C14H11F2N5/c1-8-5-6-11(17)9(7-8)14-18-19-20-21(14)12-4-2-3-10(15)13(12)16/h2-7H,17H2,1H3. The molecule has 5 nitrogen and oxygen atoms in total. The molecule has 0 aliphatic heterocycles. The fraction of sp³-hybridized carbons (Fsp3) is 0.0714. The molecule has 0 amide bonds. The van der Waals surface area contributed by atoms with Crippen molar-refractivity contribution < 1.29 is 8.78 Å². The van der Waals surface area contributed by atoms with Crippen molar-refractivity contribution in [2.45, 2.75) is 6.92 Å². The highest BCUT2D eigenvalue weighted by Gasteiger charge is 2.18. The lowest BCUT2D eigenvalue weighted by Gasteiger charge is -2.08. The Bertz CT molecular complexity index is 796. The normalized spacial score (nSPS) is 10.8. The van der Waals surface area contributed by atoms with Gasteiger partial charge in [0, 0.05) is 11.3 Å². The molecule has 1 aromatic heterocycles. The Labute approximate surface area is 119 Å². The first-order chi connectivity index (χ1) is 10.1. The van der Waals surface area contributed by atoms with Gasteiger partial charge in [0.1, 0.15) is 5.69 Å². The number of nitrogens with zero attached hydrogens (tertiary/aromatic N) is 4. The monoisotopic (exact) mass is 287 g/mol. The van der Waals surface area contributed by atoms with Gasteiger partial charge in [-0.3, -0.25) is 0 Å².